The summed E-state index contributed by atoms with van der Waals surface area (Å²) in [5, 5.41) is 4.23. The first-order valence-electron chi connectivity index (χ1n) is 12.6. The van der Waals surface area contributed by atoms with Crippen LogP contribution < -0.4 is 10.1 Å². The maximum atomic E-state index is 13.8. The van der Waals surface area contributed by atoms with Crippen molar-refractivity contribution in [2.24, 2.45) is 0 Å². The van der Waals surface area contributed by atoms with E-state index in [2.05, 4.69) is 5.32 Å². The van der Waals surface area contributed by atoms with Crippen LogP contribution in [0.25, 0.3) is 0 Å². The van der Waals surface area contributed by atoms with E-state index in [0.717, 1.165) is 23.1 Å². The zero-order valence-electron chi connectivity index (χ0n) is 22.0. The molecule has 0 aliphatic heterocycles. The van der Waals surface area contributed by atoms with E-state index in [-0.39, 0.29) is 30.2 Å². The zero-order valence-corrected chi connectivity index (χ0v) is 24.3. The van der Waals surface area contributed by atoms with Crippen molar-refractivity contribution < 1.29 is 14.3 Å². The molecule has 0 aliphatic rings. The minimum atomic E-state index is -0.676. The fourth-order valence-corrected chi connectivity index (χ4v) is 5.40. The molecule has 2 atom stereocenters. The number of rotatable bonds is 13. The van der Waals surface area contributed by atoms with Gasteiger partial charge in [-0.3, -0.25) is 9.59 Å². The first-order chi connectivity index (χ1) is 18.3. The number of carbonyl (C=O) groups is 2. The van der Waals surface area contributed by atoms with Crippen molar-refractivity contribution in [3.8, 4) is 5.75 Å². The number of benzene rings is 3. The summed E-state index contributed by atoms with van der Waals surface area (Å²) >= 11 is 13.8. The fourth-order valence-electron chi connectivity index (χ4n) is 3.93. The van der Waals surface area contributed by atoms with Crippen LogP contribution in [0.4, 0.5) is 0 Å². The van der Waals surface area contributed by atoms with Gasteiger partial charge in [-0.2, -0.15) is 0 Å². The van der Waals surface area contributed by atoms with Gasteiger partial charge in [0.1, 0.15) is 11.8 Å². The maximum absolute atomic E-state index is 13.8. The normalized spacial score (nSPS) is 12.4. The maximum Gasteiger partial charge on any atom is 0.243 e. The monoisotopic (exact) mass is 572 g/mol. The molecule has 0 heterocycles. The first-order valence-corrected chi connectivity index (χ1v) is 14.5. The van der Waals surface area contributed by atoms with E-state index in [9.17, 15) is 9.59 Å². The molecule has 2 amide bonds. The highest BCUT2D eigenvalue weighted by atomic mass is 35.5. The predicted octanol–water partition coefficient (Wildman–Crippen LogP) is 6.79. The van der Waals surface area contributed by atoms with Gasteiger partial charge in [0, 0.05) is 34.8 Å². The lowest BCUT2D eigenvalue weighted by molar-refractivity contribution is -0.139. The Morgan fingerprint density at radius 2 is 1.74 bits per heavy atom. The highest BCUT2D eigenvalue weighted by molar-refractivity contribution is 7.99. The van der Waals surface area contributed by atoms with Gasteiger partial charge >= 0.3 is 0 Å². The Kier molecular flexibility index (Phi) is 11.8. The van der Waals surface area contributed by atoms with Crippen molar-refractivity contribution in [3.63, 3.8) is 0 Å². The number of nitrogens with one attached hydrogen (secondary N) is 1. The summed E-state index contributed by atoms with van der Waals surface area (Å²) in [6.45, 7) is 4.27. The van der Waals surface area contributed by atoms with Gasteiger partial charge in [-0.1, -0.05) is 78.7 Å². The van der Waals surface area contributed by atoms with E-state index < -0.39 is 6.04 Å². The van der Waals surface area contributed by atoms with Crippen LogP contribution in [0.3, 0.4) is 0 Å². The second kappa shape index (κ2) is 15.1. The third kappa shape index (κ3) is 8.97. The quantitative estimate of drug-likeness (QED) is 0.245. The summed E-state index contributed by atoms with van der Waals surface area (Å²) in [7, 11) is 1.61. The molecule has 5 nitrogen and oxygen atoms in total. The lowest BCUT2D eigenvalue weighted by Gasteiger charge is -2.32. The molecule has 38 heavy (non-hydrogen) atoms. The zero-order chi connectivity index (χ0) is 27.5. The van der Waals surface area contributed by atoms with Gasteiger partial charge < -0.3 is 15.0 Å². The van der Waals surface area contributed by atoms with Gasteiger partial charge in [0.25, 0.3) is 0 Å². The molecule has 3 rings (SSSR count). The minimum absolute atomic E-state index is 0.00373. The molecule has 202 valence electrons. The van der Waals surface area contributed by atoms with Crippen LogP contribution in [0, 0.1) is 0 Å². The van der Waals surface area contributed by atoms with Crippen LogP contribution in [-0.4, -0.2) is 41.7 Å². The fraction of sp³-hybridized carbons (Fsp3) is 0.333. The van der Waals surface area contributed by atoms with Crippen LogP contribution in [0.5, 0.6) is 5.75 Å². The van der Waals surface area contributed by atoms with Gasteiger partial charge in [0.15, 0.2) is 0 Å². The summed E-state index contributed by atoms with van der Waals surface area (Å²) in [6, 6.07) is 22.0. The van der Waals surface area contributed by atoms with Gasteiger partial charge in [0.05, 0.1) is 12.9 Å². The second-order valence-electron chi connectivity index (χ2n) is 9.13. The highest BCUT2D eigenvalue weighted by Crippen LogP contribution is 2.26. The number of hydrogen-bond donors (Lipinski definition) is 1. The van der Waals surface area contributed by atoms with Crippen LogP contribution in [0.1, 0.15) is 37.0 Å². The molecule has 0 aliphatic carbocycles. The number of amides is 2. The molecule has 0 saturated heterocycles. The Balaban J connectivity index is 1.88. The summed E-state index contributed by atoms with van der Waals surface area (Å²) in [4.78, 5) is 29.0. The first kappa shape index (κ1) is 29.9. The standard InChI is InChI=1S/C30H34Cl2N2O3S/c1-4-21(2)33-30(36)28(16-22-9-6-5-7-10-22)34(18-23-11-8-12-26(15-23)37-3)29(35)20-38-19-24-13-14-25(31)17-27(24)32/h5-15,17,21,28H,4,16,18-20H2,1-3H3,(H,33,36). The van der Waals surface area contributed by atoms with Crippen LogP contribution >= 0.6 is 35.0 Å². The van der Waals surface area contributed by atoms with E-state index in [1.54, 1.807) is 24.1 Å². The molecular weight excluding hydrogens is 539 g/mol. The summed E-state index contributed by atoms with van der Waals surface area (Å²) in [6.07, 6.45) is 1.21. The van der Waals surface area contributed by atoms with E-state index in [1.165, 1.54) is 11.8 Å². The van der Waals surface area contributed by atoms with Gasteiger partial charge in [-0.25, -0.2) is 0 Å². The molecule has 8 heteroatoms. The minimum Gasteiger partial charge on any atom is -0.497 e. The third-order valence-electron chi connectivity index (χ3n) is 6.26. The van der Waals surface area contributed by atoms with E-state index in [0.29, 0.717) is 28.0 Å². The Morgan fingerprint density at radius 3 is 2.42 bits per heavy atom. The molecule has 1 N–H and O–H groups in total. The summed E-state index contributed by atoms with van der Waals surface area (Å²) in [5.74, 6) is 1.17. The lowest BCUT2D eigenvalue weighted by atomic mass is 10.0. The molecule has 3 aromatic rings. The molecule has 0 saturated carbocycles. The number of hydrogen-bond acceptors (Lipinski definition) is 4. The van der Waals surface area contributed by atoms with Crippen molar-refractivity contribution in [2.45, 2.75) is 51.1 Å². The third-order valence-corrected chi connectivity index (χ3v) is 7.81. The second-order valence-corrected chi connectivity index (χ2v) is 11.0. The Bertz CT molecular complexity index is 1210. The Morgan fingerprint density at radius 1 is 1.00 bits per heavy atom. The SMILES string of the molecule is CCC(C)NC(=O)C(Cc1ccccc1)N(Cc1cccc(OC)c1)C(=O)CSCc1ccc(Cl)cc1Cl. The smallest absolute Gasteiger partial charge is 0.243 e. The van der Waals surface area contributed by atoms with Crippen molar-refractivity contribution in [3.05, 3.63) is 99.5 Å². The number of nitrogens with zero attached hydrogens (tertiary/aromatic N) is 1. The molecular formula is C30H34Cl2N2O3S. The highest BCUT2D eigenvalue weighted by Gasteiger charge is 2.31. The van der Waals surface area contributed by atoms with E-state index >= 15 is 0 Å². The number of halogens is 2. The van der Waals surface area contributed by atoms with Crippen molar-refractivity contribution in [2.75, 3.05) is 12.9 Å². The molecule has 3 aromatic carbocycles. The predicted molar refractivity (Wildman–Crippen MR) is 158 cm³/mol. The van der Waals surface area contributed by atoms with Gasteiger partial charge in [0.2, 0.25) is 11.8 Å². The van der Waals surface area contributed by atoms with Crippen LogP contribution in [0.15, 0.2) is 72.8 Å². The molecule has 0 aromatic heterocycles. The van der Waals surface area contributed by atoms with E-state index in [1.807, 2.05) is 74.5 Å². The van der Waals surface area contributed by atoms with Gasteiger partial charge in [-0.05, 0) is 54.3 Å². The van der Waals surface area contributed by atoms with Crippen molar-refractivity contribution in [1.29, 1.82) is 0 Å². The van der Waals surface area contributed by atoms with E-state index in [4.69, 9.17) is 27.9 Å². The number of methoxy groups -OCH3 is 1. The lowest BCUT2D eigenvalue weighted by Crippen LogP contribution is -2.52. The van der Waals surface area contributed by atoms with Crippen molar-refractivity contribution >= 4 is 46.8 Å². The van der Waals surface area contributed by atoms with Gasteiger partial charge in [-0.15, -0.1) is 11.8 Å². The topological polar surface area (TPSA) is 58.6 Å². The van der Waals surface area contributed by atoms with Crippen LogP contribution in [0.2, 0.25) is 10.0 Å². The molecule has 0 spiro atoms. The molecule has 2 unspecified atom stereocenters. The number of thioether (sulfide) groups is 1. The molecule has 0 fully saturated rings. The summed E-state index contributed by atoms with van der Waals surface area (Å²) < 4.78 is 5.39. The Labute approximate surface area is 239 Å². The molecule has 0 bridgehead atoms. The Hall–Kier alpha value is -2.67. The molecule has 0 radical (unpaired) electrons. The average molecular weight is 574 g/mol. The van der Waals surface area contributed by atoms with Crippen molar-refractivity contribution in [1.82, 2.24) is 10.2 Å². The van der Waals surface area contributed by atoms with Crippen LogP contribution in [-0.2, 0) is 28.3 Å². The average Bonchev–Trinajstić information content (AvgIpc) is 2.92. The number of ether oxygens (including phenoxy) is 1. The largest absolute Gasteiger partial charge is 0.497 e. The number of carbonyl (C=O) groups excluding carboxylic acids is 2. The summed E-state index contributed by atoms with van der Waals surface area (Å²) in [5.41, 5.74) is 2.78.